The van der Waals surface area contributed by atoms with Crippen LogP contribution in [0.25, 0.3) is 0 Å². The SMILES string of the molecule is CCOc1ccc(N(C)C(=O)C(C)(C)C#N)cc1F. The summed E-state index contributed by atoms with van der Waals surface area (Å²) in [4.78, 5) is 13.3. The molecule has 1 aromatic carbocycles. The molecule has 0 radical (unpaired) electrons. The van der Waals surface area contributed by atoms with E-state index in [1.807, 2.05) is 6.07 Å². The molecule has 0 spiro atoms. The molecule has 0 aliphatic rings. The summed E-state index contributed by atoms with van der Waals surface area (Å²) in [5, 5.41) is 8.94. The van der Waals surface area contributed by atoms with E-state index in [1.165, 1.54) is 37.9 Å². The molecule has 1 amide bonds. The minimum Gasteiger partial charge on any atom is -0.491 e. The second kappa shape index (κ2) is 5.70. The fourth-order valence-electron chi connectivity index (χ4n) is 1.56. The Morgan fingerprint density at radius 2 is 2.16 bits per heavy atom. The highest BCUT2D eigenvalue weighted by molar-refractivity contribution is 5.98. The quantitative estimate of drug-likeness (QED) is 0.840. The van der Waals surface area contributed by atoms with Crippen molar-refractivity contribution in [2.24, 2.45) is 5.41 Å². The van der Waals surface area contributed by atoms with Crippen molar-refractivity contribution in [2.45, 2.75) is 20.8 Å². The van der Waals surface area contributed by atoms with Gasteiger partial charge in [-0.25, -0.2) is 4.39 Å². The van der Waals surface area contributed by atoms with E-state index in [9.17, 15) is 9.18 Å². The van der Waals surface area contributed by atoms with Crippen LogP contribution in [0, 0.1) is 22.6 Å². The number of nitriles is 1. The van der Waals surface area contributed by atoms with Crippen LogP contribution in [0.2, 0.25) is 0 Å². The second-order valence-electron chi connectivity index (χ2n) is 4.65. The molecule has 0 fully saturated rings. The zero-order chi connectivity index (χ0) is 14.6. The molecular weight excluding hydrogens is 247 g/mol. The highest BCUT2D eigenvalue weighted by Gasteiger charge is 2.31. The number of hydrogen-bond donors (Lipinski definition) is 0. The fraction of sp³-hybridized carbons (Fsp3) is 0.429. The summed E-state index contributed by atoms with van der Waals surface area (Å²) >= 11 is 0. The van der Waals surface area contributed by atoms with Crippen LogP contribution in [0.15, 0.2) is 18.2 Å². The van der Waals surface area contributed by atoms with Crippen LogP contribution < -0.4 is 9.64 Å². The summed E-state index contributed by atoms with van der Waals surface area (Å²) < 4.78 is 18.8. The number of hydrogen-bond acceptors (Lipinski definition) is 3. The summed E-state index contributed by atoms with van der Waals surface area (Å²) in [6.45, 7) is 5.18. The van der Waals surface area contributed by atoms with Gasteiger partial charge in [-0.2, -0.15) is 5.26 Å². The van der Waals surface area contributed by atoms with Gasteiger partial charge >= 0.3 is 0 Å². The number of amides is 1. The molecule has 0 aliphatic heterocycles. The molecule has 0 atom stereocenters. The summed E-state index contributed by atoms with van der Waals surface area (Å²) in [7, 11) is 1.51. The van der Waals surface area contributed by atoms with Gasteiger partial charge in [0, 0.05) is 18.8 Å². The van der Waals surface area contributed by atoms with Crippen molar-refractivity contribution < 1.29 is 13.9 Å². The predicted molar refractivity (Wildman–Crippen MR) is 70.4 cm³/mol. The van der Waals surface area contributed by atoms with E-state index in [1.54, 1.807) is 13.0 Å². The zero-order valence-electron chi connectivity index (χ0n) is 11.5. The van der Waals surface area contributed by atoms with Crippen LogP contribution in [0.5, 0.6) is 5.75 Å². The molecule has 0 aromatic heterocycles. The molecule has 4 nitrogen and oxygen atoms in total. The topological polar surface area (TPSA) is 53.3 Å². The third kappa shape index (κ3) is 3.22. The standard InChI is InChI=1S/C14H17FN2O2/c1-5-19-12-7-6-10(8-11(12)15)17(4)13(18)14(2,3)9-16/h6-8H,5H2,1-4H3. The van der Waals surface area contributed by atoms with Gasteiger partial charge in [0.15, 0.2) is 11.6 Å². The van der Waals surface area contributed by atoms with E-state index < -0.39 is 17.1 Å². The molecule has 102 valence electrons. The maximum atomic E-state index is 13.7. The lowest BCUT2D eigenvalue weighted by Crippen LogP contribution is -2.37. The first-order chi connectivity index (χ1) is 8.83. The molecular formula is C14H17FN2O2. The Morgan fingerprint density at radius 3 is 2.63 bits per heavy atom. The minimum absolute atomic E-state index is 0.145. The van der Waals surface area contributed by atoms with Gasteiger partial charge in [0.05, 0.1) is 12.7 Å². The number of ether oxygens (including phenoxy) is 1. The number of anilines is 1. The summed E-state index contributed by atoms with van der Waals surface area (Å²) in [5.74, 6) is -0.779. The average molecular weight is 264 g/mol. The molecule has 5 heteroatoms. The molecule has 19 heavy (non-hydrogen) atoms. The van der Waals surface area contributed by atoms with Gasteiger partial charge in [-0.15, -0.1) is 0 Å². The lowest BCUT2D eigenvalue weighted by molar-refractivity contribution is -0.123. The van der Waals surface area contributed by atoms with E-state index in [0.29, 0.717) is 12.3 Å². The number of nitrogens with zero attached hydrogens (tertiary/aromatic N) is 2. The molecule has 0 aliphatic carbocycles. The van der Waals surface area contributed by atoms with Crippen molar-refractivity contribution in [3.8, 4) is 11.8 Å². The zero-order valence-corrected chi connectivity index (χ0v) is 11.5. The van der Waals surface area contributed by atoms with Gasteiger partial charge in [0.1, 0.15) is 5.41 Å². The highest BCUT2D eigenvalue weighted by Crippen LogP contribution is 2.26. The van der Waals surface area contributed by atoms with E-state index >= 15 is 0 Å². The molecule has 1 aromatic rings. The van der Waals surface area contributed by atoms with E-state index in [-0.39, 0.29) is 5.75 Å². The summed E-state index contributed by atoms with van der Waals surface area (Å²) in [6.07, 6.45) is 0. The van der Waals surface area contributed by atoms with Crippen LogP contribution in [-0.2, 0) is 4.79 Å². The van der Waals surface area contributed by atoms with Gasteiger partial charge in [0.2, 0.25) is 5.91 Å². The summed E-state index contributed by atoms with van der Waals surface area (Å²) in [5.41, 5.74) is -0.765. The maximum absolute atomic E-state index is 13.7. The van der Waals surface area contributed by atoms with Gasteiger partial charge in [-0.05, 0) is 32.9 Å². The van der Waals surface area contributed by atoms with Gasteiger partial charge in [-0.1, -0.05) is 0 Å². The molecule has 0 saturated carbocycles. The van der Waals surface area contributed by atoms with Crippen LogP contribution in [0.1, 0.15) is 20.8 Å². The van der Waals surface area contributed by atoms with Crippen LogP contribution in [0.4, 0.5) is 10.1 Å². The van der Waals surface area contributed by atoms with Crippen LogP contribution in [-0.4, -0.2) is 19.6 Å². The number of carbonyl (C=O) groups excluding carboxylic acids is 1. The van der Waals surface area contributed by atoms with E-state index in [2.05, 4.69) is 0 Å². The van der Waals surface area contributed by atoms with Crippen LogP contribution >= 0.6 is 0 Å². The van der Waals surface area contributed by atoms with Gasteiger partial charge < -0.3 is 9.64 Å². The summed E-state index contributed by atoms with van der Waals surface area (Å²) in [6, 6.07) is 6.20. The maximum Gasteiger partial charge on any atom is 0.246 e. The first-order valence-electron chi connectivity index (χ1n) is 5.95. The Hall–Kier alpha value is -2.09. The Morgan fingerprint density at radius 1 is 1.53 bits per heavy atom. The molecule has 0 heterocycles. The molecule has 0 N–H and O–H groups in total. The van der Waals surface area contributed by atoms with Gasteiger partial charge in [0.25, 0.3) is 0 Å². The lowest BCUT2D eigenvalue weighted by atomic mass is 9.94. The highest BCUT2D eigenvalue weighted by atomic mass is 19.1. The largest absolute Gasteiger partial charge is 0.491 e. The number of rotatable bonds is 4. The van der Waals surface area contributed by atoms with E-state index in [0.717, 1.165) is 0 Å². The predicted octanol–water partition coefficient (Wildman–Crippen LogP) is 2.74. The van der Waals surface area contributed by atoms with Crippen molar-refractivity contribution in [1.29, 1.82) is 5.26 Å². The molecule has 0 bridgehead atoms. The number of halogens is 1. The Bertz CT molecular complexity index is 521. The van der Waals surface area contributed by atoms with Crippen molar-refractivity contribution in [2.75, 3.05) is 18.6 Å². The lowest BCUT2D eigenvalue weighted by Gasteiger charge is -2.24. The van der Waals surface area contributed by atoms with Gasteiger partial charge in [-0.3, -0.25) is 4.79 Å². The smallest absolute Gasteiger partial charge is 0.246 e. The first kappa shape index (κ1) is 15.0. The van der Waals surface area contributed by atoms with E-state index in [4.69, 9.17) is 10.00 Å². The Balaban J connectivity index is 3.02. The molecule has 0 saturated heterocycles. The minimum atomic E-state index is -1.15. The second-order valence-corrected chi connectivity index (χ2v) is 4.65. The first-order valence-corrected chi connectivity index (χ1v) is 5.95. The number of benzene rings is 1. The number of carbonyl (C=O) groups is 1. The van der Waals surface area contributed by atoms with Crippen LogP contribution in [0.3, 0.4) is 0 Å². The molecule has 1 rings (SSSR count). The Labute approximate surface area is 112 Å². The molecule has 0 unspecified atom stereocenters. The van der Waals surface area contributed by atoms with Crippen molar-refractivity contribution in [1.82, 2.24) is 0 Å². The fourth-order valence-corrected chi connectivity index (χ4v) is 1.56. The average Bonchev–Trinajstić information content (AvgIpc) is 2.39. The Kier molecular flexibility index (Phi) is 4.49. The van der Waals surface area contributed by atoms with Crippen molar-refractivity contribution in [3.63, 3.8) is 0 Å². The normalized spacial score (nSPS) is 10.7. The monoisotopic (exact) mass is 264 g/mol. The van der Waals surface area contributed by atoms with Crippen molar-refractivity contribution in [3.05, 3.63) is 24.0 Å². The third-order valence-corrected chi connectivity index (χ3v) is 2.72. The third-order valence-electron chi connectivity index (χ3n) is 2.72. The van der Waals surface area contributed by atoms with Crippen molar-refractivity contribution >= 4 is 11.6 Å².